The number of carbonyl (C=O) groups is 3. The number of rotatable bonds is 7. The SMILES string of the molecule is Cc1ccc(C(=O)NCC(=O)N2CCN(CC(=O)NCc3ccccc3)CC2)cc1. The number of aryl methyl sites for hydroxylation is 1. The first kappa shape index (κ1) is 21.5. The van der Waals surface area contributed by atoms with Crippen LogP contribution in [-0.2, 0) is 16.1 Å². The van der Waals surface area contributed by atoms with E-state index in [9.17, 15) is 14.4 Å². The van der Waals surface area contributed by atoms with Gasteiger partial charge in [-0.05, 0) is 24.6 Å². The lowest BCUT2D eigenvalue weighted by atomic mass is 10.1. The number of amides is 3. The van der Waals surface area contributed by atoms with Gasteiger partial charge in [-0.3, -0.25) is 19.3 Å². The van der Waals surface area contributed by atoms with Crippen LogP contribution in [0.3, 0.4) is 0 Å². The van der Waals surface area contributed by atoms with Crippen molar-refractivity contribution in [3.63, 3.8) is 0 Å². The molecule has 1 saturated heterocycles. The maximum absolute atomic E-state index is 12.4. The van der Waals surface area contributed by atoms with Crippen LogP contribution in [0.4, 0.5) is 0 Å². The van der Waals surface area contributed by atoms with Gasteiger partial charge in [0.1, 0.15) is 0 Å². The van der Waals surface area contributed by atoms with Crippen LogP contribution in [0.15, 0.2) is 54.6 Å². The molecule has 0 bridgehead atoms. The summed E-state index contributed by atoms with van der Waals surface area (Å²) in [5, 5.41) is 5.61. The predicted molar refractivity (Wildman–Crippen MR) is 115 cm³/mol. The highest BCUT2D eigenvalue weighted by Crippen LogP contribution is 2.04. The zero-order chi connectivity index (χ0) is 21.3. The predicted octanol–water partition coefficient (Wildman–Crippen LogP) is 1.19. The Kier molecular flexibility index (Phi) is 7.57. The molecule has 0 aromatic heterocycles. The molecular formula is C23H28N4O3. The highest BCUT2D eigenvalue weighted by molar-refractivity contribution is 5.96. The normalized spacial score (nSPS) is 14.2. The van der Waals surface area contributed by atoms with Crippen LogP contribution in [0.2, 0.25) is 0 Å². The molecule has 0 atom stereocenters. The van der Waals surface area contributed by atoms with Gasteiger partial charge in [-0.1, -0.05) is 48.0 Å². The molecule has 2 aromatic carbocycles. The second-order valence-corrected chi connectivity index (χ2v) is 7.47. The Morgan fingerprint density at radius 3 is 2.20 bits per heavy atom. The van der Waals surface area contributed by atoms with E-state index >= 15 is 0 Å². The van der Waals surface area contributed by atoms with Gasteiger partial charge >= 0.3 is 0 Å². The Balaban J connectivity index is 1.35. The molecule has 1 aliphatic heterocycles. The van der Waals surface area contributed by atoms with Gasteiger partial charge in [0, 0.05) is 38.3 Å². The van der Waals surface area contributed by atoms with Crippen molar-refractivity contribution in [1.29, 1.82) is 0 Å². The Bertz CT molecular complexity index is 860. The van der Waals surface area contributed by atoms with Gasteiger partial charge in [0.2, 0.25) is 11.8 Å². The number of nitrogens with zero attached hydrogens (tertiary/aromatic N) is 2. The summed E-state index contributed by atoms with van der Waals surface area (Å²) in [6.07, 6.45) is 0. The van der Waals surface area contributed by atoms with Crippen molar-refractivity contribution in [2.24, 2.45) is 0 Å². The third-order valence-corrected chi connectivity index (χ3v) is 5.14. The van der Waals surface area contributed by atoms with Crippen LogP contribution in [0, 0.1) is 6.92 Å². The van der Waals surface area contributed by atoms with E-state index in [2.05, 4.69) is 10.6 Å². The zero-order valence-electron chi connectivity index (χ0n) is 17.3. The quantitative estimate of drug-likeness (QED) is 0.721. The van der Waals surface area contributed by atoms with Crippen molar-refractivity contribution >= 4 is 17.7 Å². The lowest BCUT2D eigenvalue weighted by Crippen LogP contribution is -2.52. The highest BCUT2D eigenvalue weighted by Gasteiger charge is 2.22. The first-order valence-corrected chi connectivity index (χ1v) is 10.2. The molecule has 30 heavy (non-hydrogen) atoms. The topological polar surface area (TPSA) is 81.8 Å². The summed E-state index contributed by atoms with van der Waals surface area (Å²) >= 11 is 0. The fourth-order valence-corrected chi connectivity index (χ4v) is 3.29. The molecule has 0 spiro atoms. The van der Waals surface area contributed by atoms with Crippen molar-refractivity contribution in [3.05, 3.63) is 71.3 Å². The van der Waals surface area contributed by atoms with Crippen molar-refractivity contribution in [1.82, 2.24) is 20.4 Å². The molecule has 2 aromatic rings. The molecule has 1 heterocycles. The van der Waals surface area contributed by atoms with Crippen LogP contribution in [-0.4, -0.2) is 66.8 Å². The molecule has 158 valence electrons. The third kappa shape index (κ3) is 6.42. The molecular weight excluding hydrogens is 380 g/mol. The van der Waals surface area contributed by atoms with E-state index in [-0.39, 0.29) is 24.3 Å². The number of nitrogens with one attached hydrogen (secondary N) is 2. The maximum Gasteiger partial charge on any atom is 0.251 e. The number of carbonyl (C=O) groups excluding carboxylic acids is 3. The molecule has 1 fully saturated rings. The third-order valence-electron chi connectivity index (χ3n) is 5.14. The minimum atomic E-state index is -0.253. The lowest BCUT2D eigenvalue weighted by Gasteiger charge is -2.34. The van der Waals surface area contributed by atoms with Gasteiger partial charge in [0.05, 0.1) is 13.1 Å². The van der Waals surface area contributed by atoms with E-state index < -0.39 is 0 Å². The van der Waals surface area contributed by atoms with Crippen molar-refractivity contribution in [2.75, 3.05) is 39.3 Å². The fraction of sp³-hybridized carbons (Fsp3) is 0.348. The second-order valence-electron chi connectivity index (χ2n) is 7.47. The second kappa shape index (κ2) is 10.5. The molecule has 2 N–H and O–H groups in total. The smallest absolute Gasteiger partial charge is 0.251 e. The van der Waals surface area contributed by atoms with Gasteiger partial charge in [-0.25, -0.2) is 0 Å². The van der Waals surface area contributed by atoms with Gasteiger partial charge in [0.25, 0.3) is 5.91 Å². The summed E-state index contributed by atoms with van der Waals surface area (Å²) in [6, 6.07) is 17.0. The first-order chi connectivity index (χ1) is 14.5. The minimum Gasteiger partial charge on any atom is -0.351 e. The minimum absolute atomic E-state index is 0.0235. The Labute approximate surface area is 177 Å². The van der Waals surface area contributed by atoms with E-state index in [0.717, 1.165) is 11.1 Å². The van der Waals surface area contributed by atoms with Crippen LogP contribution in [0.25, 0.3) is 0 Å². The average molecular weight is 409 g/mol. The molecule has 1 aliphatic rings. The maximum atomic E-state index is 12.4. The van der Waals surface area contributed by atoms with E-state index in [1.807, 2.05) is 54.3 Å². The molecule has 3 amide bonds. The molecule has 3 rings (SSSR count). The van der Waals surface area contributed by atoms with Crippen LogP contribution >= 0.6 is 0 Å². The van der Waals surface area contributed by atoms with Gasteiger partial charge < -0.3 is 15.5 Å². The molecule has 7 heteroatoms. The number of benzene rings is 2. The summed E-state index contributed by atoms with van der Waals surface area (Å²) in [4.78, 5) is 40.5. The van der Waals surface area contributed by atoms with E-state index in [1.165, 1.54) is 0 Å². The van der Waals surface area contributed by atoms with Crippen LogP contribution in [0.1, 0.15) is 21.5 Å². The van der Waals surface area contributed by atoms with E-state index in [4.69, 9.17) is 0 Å². The van der Waals surface area contributed by atoms with Gasteiger partial charge in [-0.2, -0.15) is 0 Å². The number of piperazine rings is 1. The summed E-state index contributed by atoms with van der Waals surface area (Å²) in [6.45, 7) is 5.13. The molecule has 0 radical (unpaired) electrons. The first-order valence-electron chi connectivity index (χ1n) is 10.2. The van der Waals surface area contributed by atoms with E-state index in [0.29, 0.717) is 44.8 Å². The van der Waals surface area contributed by atoms with Crippen LogP contribution < -0.4 is 10.6 Å². The number of hydrogen-bond acceptors (Lipinski definition) is 4. The zero-order valence-corrected chi connectivity index (χ0v) is 17.3. The Morgan fingerprint density at radius 2 is 1.53 bits per heavy atom. The highest BCUT2D eigenvalue weighted by atomic mass is 16.2. The van der Waals surface area contributed by atoms with Crippen molar-refractivity contribution in [2.45, 2.75) is 13.5 Å². The lowest BCUT2D eigenvalue weighted by molar-refractivity contribution is -0.132. The summed E-state index contributed by atoms with van der Waals surface area (Å²) < 4.78 is 0. The summed E-state index contributed by atoms with van der Waals surface area (Å²) in [7, 11) is 0. The largest absolute Gasteiger partial charge is 0.351 e. The van der Waals surface area contributed by atoms with E-state index in [1.54, 1.807) is 17.0 Å². The van der Waals surface area contributed by atoms with Gasteiger partial charge in [0.15, 0.2) is 0 Å². The van der Waals surface area contributed by atoms with Gasteiger partial charge in [-0.15, -0.1) is 0 Å². The van der Waals surface area contributed by atoms with Crippen LogP contribution in [0.5, 0.6) is 0 Å². The molecule has 0 aliphatic carbocycles. The number of hydrogen-bond donors (Lipinski definition) is 2. The van der Waals surface area contributed by atoms with Crippen molar-refractivity contribution < 1.29 is 14.4 Å². The average Bonchev–Trinajstić information content (AvgIpc) is 2.77. The Morgan fingerprint density at radius 1 is 0.867 bits per heavy atom. The molecule has 7 nitrogen and oxygen atoms in total. The molecule has 0 saturated carbocycles. The fourth-order valence-electron chi connectivity index (χ4n) is 3.29. The summed E-state index contributed by atoms with van der Waals surface area (Å²) in [5.41, 5.74) is 2.68. The standard InChI is InChI=1S/C23H28N4O3/c1-18-7-9-20(10-8-18)23(30)25-16-22(29)27-13-11-26(12-14-27)17-21(28)24-15-19-5-3-2-4-6-19/h2-10H,11-17H2,1H3,(H,24,28)(H,25,30). The summed E-state index contributed by atoms with van der Waals surface area (Å²) in [5.74, 6) is -0.385. The Hall–Kier alpha value is -3.19. The van der Waals surface area contributed by atoms with Crippen molar-refractivity contribution in [3.8, 4) is 0 Å². The molecule has 0 unspecified atom stereocenters. The monoisotopic (exact) mass is 408 g/mol.